The molecule has 0 spiro atoms. The predicted octanol–water partition coefficient (Wildman–Crippen LogP) is 4.17. The molecule has 1 N–H and O–H groups in total. The van der Waals surface area contributed by atoms with Gasteiger partial charge in [-0.25, -0.2) is 0 Å². The SMILES string of the molecule is COc1ccc([N+](=O)[O-])cc1NC(=O)C(C)Sc1nnc(-c2ccccc2Cl)n1C. The lowest BCUT2D eigenvalue weighted by Crippen LogP contribution is -2.23. The summed E-state index contributed by atoms with van der Waals surface area (Å²) >= 11 is 7.44. The number of ether oxygens (including phenoxy) is 1. The molecule has 1 amide bonds. The number of carbonyl (C=O) groups is 1. The Bertz CT molecular complexity index is 1100. The van der Waals surface area contributed by atoms with Crippen molar-refractivity contribution in [1.29, 1.82) is 0 Å². The minimum absolute atomic E-state index is 0.149. The third kappa shape index (κ3) is 4.55. The highest BCUT2D eigenvalue weighted by Gasteiger charge is 2.22. The maximum Gasteiger partial charge on any atom is 0.271 e. The van der Waals surface area contributed by atoms with E-state index in [0.717, 1.165) is 5.56 Å². The molecule has 1 aromatic heterocycles. The van der Waals surface area contributed by atoms with E-state index < -0.39 is 10.2 Å². The molecule has 156 valence electrons. The summed E-state index contributed by atoms with van der Waals surface area (Å²) in [6.07, 6.45) is 0. The topological polar surface area (TPSA) is 112 Å². The van der Waals surface area contributed by atoms with E-state index >= 15 is 0 Å². The number of thioether (sulfide) groups is 1. The van der Waals surface area contributed by atoms with E-state index in [0.29, 0.717) is 21.8 Å². The fourth-order valence-corrected chi connectivity index (χ4v) is 3.68. The number of hydrogen-bond donors (Lipinski definition) is 1. The van der Waals surface area contributed by atoms with Crippen LogP contribution in [0.25, 0.3) is 11.4 Å². The zero-order chi connectivity index (χ0) is 21.8. The molecule has 0 aliphatic heterocycles. The van der Waals surface area contributed by atoms with Crippen LogP contribution in [-0.4, -0.2) is 38.0 Å². The number of benzene rings is 2. The molecule has 0 bridgehead atoms. The Morgan fingerprint density at radius 1 is 1.30 bits per heavy atom. The first kappa shape index (κ1) is 21.6. The lowest BCUT2D eigenvalue weighted by atomic mass is 10.2. The molecule has 3 rings (SSSR count). The molecule has 11 heteroatoms. The van der Waals surface area contributed by atoms with E-state index in [9.17, 15) is 14.9 Å². The second-order valence-corrected chi connectivity index (χ2v) is 7.95. The normalized spacial score (nSPS) is 11.7. The second kappa shape index (κ2) is 9.14. The first-order chi connectivity index (χ1) is 14.3. The Hall–Kier alpha value is -3.11. The van der Waals surface area contributed by atoms with Crippen LogP contribution in [0.2, 0.25) is 5.02 Å². The minimum atomic E-state index is -0.559. The largest absolute Gasteiger partial charge is 0.495 e. The van der Waals surface area contributed by atoms with Crippen LogP contribution in [0, 0.1) is 10.1 Å². The fourth-order valence-electron chi connectivity index (χ4n) is 2.65. The quantitative estimate of drug-likeness (QED) is 0.328. The number of amides is 1. The summed E-state index contributed by atoms with van der Waals surface area (Å²) in [4.78, 5) is 23.1. The van der Waals surface area contributed by atoms with Crippen molar-refractivity contribution < 1.29 is 14.5 Å². The molecule has 0 saturated heterocycles. The number of aromatic nitrogens is 3. The standard InChI is InChI=1S/C19H18ClN5O4S/c1-11(18(26)21-15-10-12(25(27)28)8-9-16(15)29-3)30-19-23-22-17(24(19)2)13-6-4-5-7-14(13)20/h4-11H,1-3H3,(H,21,26). The summed E-state index contributed by atoms with van der Waals surface area (Å²) in [6, 6.07) is 11.3. The molecule has 1 heterocycles. The van der Waals surface area contributed by atoms with E-state index in [2.05, 4.69) is 15.5 Å². The maximum absolute atomic E-state index is 12.7. The van der Waals surface area contributed by atoms with Crippen LogP contribution in [0.15, 0.2) is 47.6 Å². The highest BCUT2D eigenvalue weighted by atomic mass is 35.5. The average molecular weight is 448 g/mol. The number of rotatable bonds is 7. The summed E-state index contributed by atoms with van der Waals surface area (Å²) in [5.41, 5.74) is 0.808. The van der Waals surface area contributed by atoms with Crippen molar-refractivity contribution in [2.75, 3.05) is 12.4 Å². The van der Waals surface area contributed by atoms with E-state index in [1.54, 1.807) is 24.6 Å². The highest BCUT2D eigenvalue weighted by Crippen LogP contribution is 2.32. The number of halogens is 1. The number of nitrogens with zero attached hydrogens (tertiary/aromatic N) is 4. The number of nitrogens with one attached hydrogen (secondary N) is 1. The zero-order valence-corrected chi connectivity index (χ0v) is 17.9. The van der Waals surface area contributed by atoms with E-state index in [4.69, 9.17) is 16.3 Å². The van der Waals surface area contributed by atoms with Crippen molar-refractivity contribution in [2.24, 2.45) is 7.05 Å². The molecule has 0 radical (unpaired) electrons. The number of anilines is 1. The molecular formula is C19H18ClN5O4S. The Labute approximate surface area is 181 Å². The van der Waals surface area contributed by atoms with E-state index in [1.165, 1.54) is 37.1 Å². The maximum atomic E-state index is 12.7. The molecule has 0 aliphatic rings. The van der Waals surface area contributed by atoms with Gasteiger partial charge in [0.05, 0.1) is 28.0 Å². The lowest BCUT2D eigenvalue weighted by molar-refractivity contribution is -0.384. The van der Waals surface area contributed by atoms with Gasteiger partial charge in [-0.1, -0.05) is 35.5 Å². The molecule has 0 fully saturated rings. The highest BCUT2D eigenvalue weighted by molar-refractivity contribution is 8.00. The molecule has 2 aromatic carbocycles. The van der Waals surface area contributed by atoms with Gasteiger partial charge in [-0.15, -0.1) is 10.2 Å². The van der Waals surface area contributed by atoms with Crippen LogP contribution in [0.1, 0.15) is 6.92 Å². The van der Waals surface area contributed by atoms with Crippen molar-refractivity contribution in [1.82, 2.24) is 14.8 Å². The van der Waals surface area contributed by atoms with Gasteiger partial charge in [-0.3, -0.25) is 14.9 Å². The predicted molar refractivity (Wildman–Crippen MR) is 115 cm³/mol. The van der Waals surface area contributed by atoms with Gasteiger partial charge in [0.25, 0.3) is 5.69 Å². The van der Waals surface area contributed by atoms with Gasteiger partial charge >= 0.3 is 0 Å². The summed E-state index contributed by atoms with van der Waals surface area (Å²) in [6.45, 7) is 1.70. The minimum Gasteiger partial charge on any atom is -0.495 e. The van der Waals surface area contributed by atoms with Gasteiger partial charge < -0.3 is 14.6 Å². The van der Waals surface area contributed by atoms with Gasteiger partial charge in [-0.2, -0.15) is 0 Å². The van der Waals surface area contributed by atoms with Crippen LogP contribution < -0.4 is 10.1 Å². The van der Waals surface area contributed by atoms with Crippen molar-refractivity contribution >= 4 is 40.6 Å². The monoisotopic (exact) mass is 447 g/mol. The van der Waals surface area contributed by atoms with Gasteiger partial charge in [0.15, 0.2) is 11.0 Å². The number of nitro groups is 1. The molecule has 9 nitrogen and oxygen atoms in total. The third-order valence-corrected chi connectivity index (χ3v) is 5.72. The summed E-state index contributed by atoms with van der Waals surface area (Å²) < 4.78 is 6.93. The van der Waals surface area contributed by atoms with Gasteiger partial charge in [0, 0.05) is 24.7 Å². The number of non-ortho nitro benzene ring substituents is 1. The molecule has 1 atom stereocenters. The fraction of sp³-hybridized carbons (Fsp3) is 0.211. The number of hydrogen-bond acceptors (Lipinski definition) is 7. The van der Waals surface area contributed by atoms with Gasteiger partial charge in [0.2, 0.25) is 5.91 Å². The Kier molecular flexibility index (Phi) is 6.58. The summed E-state index contributed by atoms with van der Waals surface area (Å²) in [5, 5.41) is 22.5. The third-order valence-electron chi connectivity index (χ3n) is 4.25. The average Bonchev–Trinajstić information content (AvgIpc) is 3.08. The van der Waals surface area contributed by atoms with Crippen LogP contribution in [0.3, 0.4) is 0 Å². The smallest absolute Gasteiger partial charge is 0.271 e. The van der Waals surface area contributed by atoms with E-state index in [1.807, 2.05) is 18.2 Å². The zero-order valence-electron chi connectivity index (χ0n) is 16.3. The molecule has 1 unspecified atom stereocenters. The molecule has 0 aliphatic carbocycles. The number of methoxy groups -OCH3 is 1. The first-order valence-electron chi connectivity index (χ1n) is 8.76. The lowest BCUT2D eigenvalue weighted by Gasteiger charge is -2.14. The van der Waals surface area contributed by atoms with Crippen molar-refractivity contribution in [2.45, 2.75) is 17.3 Å². The molecule has 3 aromatic rings. The van der Waals surface area contributed by atoms with Crippen molar-refractivity contribution in [3.05, 3.63) is 57.6 Å². The van der Waals surface area contributed by atoms with Gasteiger partial charge in [0.1, 0.15) is 5.75 Å². The van der Waals surface area contributed by atoms with Crippen LogP contribution in [0.4, 0.5) is 11.4 Å². The van der Waals surface area contributed by atoms with E-state index in [-0.39, 0.29) is 17.3 Å². The molecule has 0 saturated carbocycles. The van der Waals surface area contributed by atoms with Crippen molar-refractivity contribution in [3.8, 4) is 17.1 Å². The number of nitro benzene ring substituents is 1. The second-order valence-electron chi connectivity index (χ2n) is 6.24. The van der Waals surface area contributed by atoms with Gasteiger partial charge in [-0.05, 0) is 25.1 Å². The first-order valence-corrected chi connectivity index (χ1v) is 10.0. The Morgan fingerprint density at radius 2 is 2.03 bits per heavy atom. The number of carbonyl (C=O) groups excluding carboxylic acids is 1. The van der Waals surface area contributed by atoms with Crippen molar-refractivity contribution in [3.63, 3.8) is 0 Å². The van der Waals surface area contributed by atoms with Crippen LogP contribution >= 0.6 is 23.4 Å². The Balaban J connectivity index is 1.77. The summed E-state index contributed by atoms with van der Waals surface area (Å²) in [5.74, 6) is 0.544. The molecule has 30 heavy (non-hydrogen) atoms. The summed E-state index contributed by atoms with van der Waals surface area (Å²) in [7, 11) is 3.21. The Morgan fingerprint density at radius 3 is 2.70 bits per heavy atom. The van der Waals surface area contributed by atoms with Crippen LogP contribution in [-0.2, 0) is 11.8 Å². The van der Waals surface area contributed by atoms with Crippen LogP contribution in [0.5, 0.6) is 5.75 Å². The molecular weight excluding hydrogens is 430 g/mol.